The Morgan fingerprint density at radius 3 is 2.55 bits per heavy atom. The van der Waals surface area contributed by atoms with Gasteiger partial charge in [0.25, 0.3) is 5.91 Å². The molecule has 0 atom stereocenters. The van der Waals surface area contributed by atoms with Gasteiger partial charge in [0.1, 0.15) is 5.69 Å². The van der Waals surface area contributed by atoms with Crippen LogP contribution in [0.3, 0.4) is 0 Å². The second-order valence-electron chi connectivity index (χ2n) is 6.21. The van der Waals surface area contributed by atoms with Gasteiger partial charge in [-0.05, 0) is 36.4 Å². The van der Waals surface area contributed by atoms with Crippen LogP contribution in [-0.4, -0.2) is 34.5 Å². The third kappa shape index (κ3) is 4.30. The number of nitrogens with zero attached hydrogens (tertiary/aromatic N) is 4. The number of hydrogen-bond donors (Lipinski definition) is 0. The van der Waals surface area contributed by atoms with Crippen LogP contribution >= 0.6 is 0 Å². The van der Waals surface area contributed by atoms with Crippen molar-refractivity contribution in [2.45, 2.75) is 0 Å². The first kappa shape index (κ1) is 18.4. The standard InChI is InChI=1S/C22H18N4O3/c1-26(17-6-3-2-4-7-17)21(27)15-29-20-14-18(19-8-5-13-28-19)24-22(25-20)16-9-11-23-12-10-16/h2-14H,15H2,1H3. The molecule has 3 heterocycles. The number of likely N-dealkylation sites (N-methyl/N-ethyl adjacent to an activating group) is 1. The number of furan rings is 1. The van der Waals surface area contributed by atoms with Gasteiger partial charge in [-0.3, -0.25) is 9.78 Å². The first-order chi connectivity index (χ1) is 14.2. The molecule has 144 valence electrons. The van der Waals surface area contributed by atoms with Gasteiger partial charge in [0.2, 0.25) is 5.88 Å². The summed E-state index contributed by atoms with van der Waals surface area (Å²) in [5.74, 6) is 1.13. The number of benzene rings is 1. The molecule has 0 unspecified atom stereocenters. The quantitative estimate of drug-likeness (QED) is 0.501. The highest BCUT2D eigenvalue weighted by Crippen LogP contribution is 2.25. The summed E-state index contributed by atoms with van der Waals surface area (Å²) in [5, 5.41) is 0. The zero-order valence-corrected chi connectivity index (χ0v) is 15.7. The number of rotatable bonds is 6. The Morgan fingerprint density at radius 2 is 1.83 bits per heavy atom. The molecule has 0 saturated carbocycles. The first-order valence-electron chi connectivity index (χ1n) is 8.98. The summed E-state index contributed by atoms with van der Waals surface area (Å²) >= 11 is 0. The van der Waals surface area contributed by atoms with Crippen molar-refractivity contribution >= 4 is 11.6 Å². The average molecular weight is 386 g/mol. The fourth-order valence-electron chi connectivity index (χ4n) is 2.71. The molecule has 3 aromatic heterocycles. The van der Waals surface area contributed by atoms with Crippen molar-refractivity contribution in [1.82, 2.24) is 15.0 Å². The fourth-order valence-corrected chi connectivity index (χ4v) is 2.71. The number of carbonyl (C=O) groups excluding carboxylic acids is 1. The van der Waals surface area contributed by atoms with E-state index in [4.69, 9.17) is 9.15 Å². The van der Waals surface area contributed by atoms with Gasteiger partial charge in [0.05, 0.1) is 6.26 Å². The lowest BCUT2D eigenvalue weighted by Crippen LogP contribution is -2.31. The van der Waals surface area contributed by atoms with Gasteiger partial charge in [-0.15, -0.1) is 0 Å². The molecule has 0 saturated heterocycles. The smallest absolute Gasteiger partial charge is 0.264 e. The van der Waals surface area contributed by atoms with Crippen LogP contribution in [-0.2, 0) is 4.79 Å². The zero-order valence-electron chi connectivity index (χ0n) is 15.7. The van der Waals surface area contributed by atoms with Crippen molar-refractivity contribution in [3.05, 3.63) is 79.3 Å². The van der Waals surface area contributed by atoms with E-state index in [1.54, 1.807) is 60.9 Å². The van der Waals surface area contributed by atoms with E-state index in [0.29, 0.717) is 17.3 Å². The third-order valence-corrected chi connectivity index (χ3v) is 4.28. The molecule has 0 spiro atoms. The van der Waals surface area contributed by atoms with Crippen LogP contribution in [0.25, 0.3) is 22.8 Å². The van der Waals surface area contributed by atoms with Crippen LogP contribution in [0.2, 0.25) is 0 Å². The number of pyridine rings is 1. The minimum Gasteiger partial charge on any atom is -0.467 e. The molecule has 1 aromatic carbocycles. The molecule has 0 aliphatic heterocycles. The number of anilines is 1. The minimum atomic E-state index is -0.195. The fraction of sp³-hybridized carbons (Fsp3) is 0.0909. The first-order valence-corrected chi connectivity index (χ1v) is 8.98. The van der Waals surface area contributed by atoms with Crippen molar-refractivity contribution in [2.24, 2.45) is 0 Å². The van der Waals surface area contributed by atoms with Crippen molar-refractivity contribution in [1.29, 1.82) is 0 Å². The van der Waals surface area contributed by atoms with Gasteiger partial charge >= 0.3 is 0 Å². The Balaban J connectivity index is 1.58. The molecule has 1 amide bonds. The number of para-hydroxylation sites is 1. The van der Waals surface area contributed by atoms with Crippen LogP contribution in [0, 0.1) is 0 Å². The maximum absolute atomic E-state index is 12.5. The van der Waals surface area contributed by atoms with E-state index in [0.717, 1.165) is 11.3 Å². The normalized spacial score (nSPS) is 10.5. The van der Waals surface area contributed by atoms with E-state index in [-0.39, 0.29) is 18.4 Å². The highest BCUT2D eigenvalue weighted by Gasteiger charge is 2.15. The molecule has 0 fully saturated rings. The number of aromatic nitrogens is 3. The maximum atomic E-state index is 12.5. The van der Waals surface area contributed by atoms with E-state index in [2.05, 4.69) is 15.0 Å². The molecule has 7 nitrogen and oxygen atoms in total. The van der Waals surface area contributed by atoms with E-state index >= 15 is 0 Å². The monoisotopic (exact) mass is 386 g/mol. The predicted octanol–water partition coefficient (Wildman–Crippen LogP) is 3.84. The lowest BCUT2D eigenvalue weighted by molar-refractivity contribution is -0.120. The molecular formula is C22H18N4O3. The second kappa shape index (κ2) is 8.35. The van der Waals surface area contributed by atoms with Crippen molar-refractivity contribution < 1.29 is 13.9 Å². The summed E-state index contributed by atoms with van der Waals surface area (Å²) in [6.45, 7) is -0.157. The Bertz CT molecular complexity index is 1080. The second-order valence-corrected chi connectivity index (χ2v) is 6.21. The van der Waals surface area contributed by atoms with Gasteiger partial charge in [-0.1, -0.05) is 18.2 Å². The summed E-state index contributed by atoms with van der Waals surface area (Å²) in [7, 11) is 1.71. The van der Waals surface area contributed by atoms with Gasteiger partial charge in [0, 0.05) is 36.8 Å². The Kier molecular flexibility index (Phi) is 5.29. The van der Waals surface area contributed by atoms with Crippen LogP contribution in [0.5, 0.6) is 5.88 Å². The largest absolute Gasteiger partial charge is 0.467 e. The lowest BCUT2D eigenvalue weighted by Gasteiger charge is -2.17. The predicted molar refractivity (Wildman–Crippen MR) is 108 cm³/mol. The van der Waals surface area contributed by atoms with Crippen molar-refractivity contribution in [3.63, 3.8) is 0 Å². The van der Waals surface area contributed by atoms with Gasteiger partial charge in [0.15, 0.2) is 18.2 Å². The molecule has 0 aliphatic carbocycles. The number of hydrogen-bond acceptors (Lipinski definition) is 6. The molecule has 4 rings (SSSR count). The van der Waals surface area contributed by atoms with Crippen LogP contribution in [0.4, 0.5) is 5.69 Å². The molecule has 0 bridgehead atoms. The maximum Gasteiger partial charge on any atom is 0.264 e. The molecule has 7 heteroatoms. The van der Waals surface area contributed by atoms with E-state index in [9.17, 15) is 4.79 Å². The SMILES string of the molecule is CN(C(=O)COc1cc(-c2ccco2)nc(-c2ccncc2)n1)c1ccccc1. The molecule has 4 aromatic rings. The van der Waals surface area contributed by atoms with E-state index in [1.807, 2.05) is 30.3 Å². The number of ether oxygens (including phenoxy) is 1. The zero-order chi connectivity index (χ0) is 20.1. The van der Waals surface area contributed by atoms with E-state index < -0.39 is 0 Å². The third-order valence-electron chi connectivity index (χ3n) is 4.28. The van der Waals surface area contributed by atoms with Gasteiger partial charge in [-0.2, -0.15) is 4.98 Å². The van der Waals surface area contributed by atoms with Crippen molar-refractivity contribution in [3.8, 4) is 28.7 Å². The molecule has 29 heavy (non-hydrogen) atoms. The van der Waals surface area contributed by atoms with Crippen LogP contribution in [0.15, 0.2) is 83.7 Å². The topological polar surface area (TPSA) is 81.4 Å². The summed E-state index contributed by atoms with van der Waals surface area (Å²) in [6.07, 6.45) is 4.90. The van der Waals surface area contributed by atoms with E-state index in [1.165, 1.54) is 0 Å². The molecule has 0 N–H and O–H groups in total. The summed E-state index contributed by atoms with van der Waals surface area (Å²) in [5.41, 5.74) is 2.14. The summed E-state index contributed by atoms with van der Waals surface area (Å²) in [4.78, 5) is 27.1. The summed E-state index contributed by atoms with van der Waals surface area (Å²) in [6, 6.07) is 18.2. The Hall–Kier alpha value is -4.00. The van der Waals surface area contributed by atoms with Crippen LogP contribution < -0.4 is 9.64 Å². The lowest BCUT2D eigenvalue weighted by atomic mass is 10.2. The minimum absolute atomic E-state index is 0.157. The molecule has 0 radical (unpaired) electrons. The van der Waals surface area contributed by atoms with Gasteiger partial charge in [-0.25, -0.2) is 4.98 Å². The summed E-state index contributed by atoms with van der Waals surface area (Å²) < 4.78 is 11.2. The highest BCUT2D eigenvalue weighted by molar-refractivity contribution is 5.93. The number of amides is 1. The number of carbonyl (C=O) groups is 1. The average Bonchev–Trinajstić information content (AvgIpc) is 3.33. The highest BCUT2D eigenvalue weighted by atomic mass is 16.5. The Labute approximate surface area is 167 Å². The van der Waals surface area contributed by atoms with Gasteiger partial charge < -0.3 is 14.1 Å². The molecule has 0 aliphatic rings. The van der Waals surface area contributed by atoms with Crippen LogP contribution in [0.1, 0.15) is 0 Å². The molecular weight excluding hydrogens is 368 g/mol. The Morgan fingerprint density at radius 1 is 1.03 bits per heavy atom. The van der Waals surface area contributed by atoms with Crippen molar-refractivity contribution in [2.75, 3.05) is 18.6 Å².